The van der Waals surface area contributed by atoms with Gasteiger partial charge in [-0.3, -0.25) is 4.90 Å². The van der Waals surface area contributed by atoms with Crippen LogP contribution in [0.2, 0.25) is 0 Å². The van der Waals surface area contributed by atoms with Gasteiger partial charge in [-0.1, -0.05) is 18.2 Å². The van der Waals surface area contributed by atoms with Crippen molar-refractivity contribution in [3.05, 3.63) is 86.5 Å². The number of nitrogens with one attached hydrogen (secondary N) is 1. The highest BCUT2D eigenvalue weighted by Gasteiger charge is 2.37. The van der Waals surface area contributed by atoms with E-state index < -0.39 is 18.2 Å². The Kier molecular flexibility index (Phi) is 5.78. The summed E-state index contributed by atoms with van der Waals surface area (Å²) in [5.74, 6) is 0.132. The number of aromatic amines is 1. The molecule has 3 aromatic rings. The number of halogens is 2. The molecule has 1 aliphatic heterocycles. The molecule has 0 amide bonds. The summed E-state index contributed by atoms with van der Waals surface area (Å²) in [6, 6.07) is 13.8. The minimum absolute atomic E-state index is 0.132. The lowest BCUT2D eigenvalue weighted by atomic mass is 9.90. The highest BCUT2D eigenvalue weighted by Crippen LogP contribution is 2.42. The third-order valence-corrected chi connectivity index (χ3v) is 5.59. The molecular formula is C23H18F2N6O2. The summed E-state index contributed by atoms with van der Waals surface area (Å²) < 4.78 is 27.9. The Morgan fingerprint density at radius 3 is 2.67 bits per heavy atom. The number of nitriles is 2. The first kappa shape index (κ1) is 21.9. The number of rotatable bonds is 5. The smallest absolute Gasteiger partial charge is 0.345 e. The maximum Gasteiger partial charge on any atom is 0.345 e. The maximum atomic E-state index is 13.3. The van der Waals surface area contributed by atoms with Crippen molar-refractivity contribution in [2.75, 3.05) is 11.5 Å². The van der Waals surface area contributed by atoms with Gasteiger partial charge >= 0.3 is 5.69 Å². The Balaban J connectivity index is 1.98. The van der Waals surface area contributed by atoms with Gasteiger partial charge in [0.15, 0.2) is 0 Å². The average Bonchev–Trinajstić information content (AvgIpc) is 3.19. The van der Waals surface area contributed by atoms with E-state index in [0.717, 1.165) is 0 Å². The summed E-state index contributed by atoms with van der Waals surface area (Å²) >= 11 is 0. The van der Waals surface area contributed by atoms with Crippen LogP contribution in [0.25, 0.3) is 0 Å². The molecule has 1 aromatic heterocycles. The SMILES string of the molecule is CC1=C(C#N)C(c2ccc(C#N)cc2CCO)n2c(n[nH]c2=O)N1c1cccc(C(F)F)c1. The lowest BCUT2D eigenvalue weighted by Crippen LogP contribution is -2.35. The number of hydrogen-bond donors (Lipinski definition) is 2. The largest absolute Gasteiger partial charge is 0.396 e. The number of hydrogen-bond acceptors (Lipinski definition) is 6. The number of aliphatic hydroxyl groups is 1. The molecule has 2 N–H and O–H groups in total. The van der Waals surface area contributed by atoms with Crippen LogP contribution in [0, 0.1) is 22.7 Å². The van der Waals surface area contributed by atoms with Crippen molar-refractivity contribution in [1.29, 1.82) is 10.5 Å². The molecular weight excluding hydrogens is 430 g/mol. The number of nitrogens with zero attached hydrogens (tertiary/aromatic N) is 5. The molecule has 2 aromatic carbocycles. The molecule has 8 nitrogen and oxygen atoms in total. The number of aliphatic hydroxyl groups excluding tert-OH is 1. The number of allylic oxidation sites excluding steroid dienone is 2. The van der Waals surface area contributed by atoms with E-state index in [-0.39, 0.29) is 30.1 Å². The Bertz CT molecular complexity index is 1390. The van der Waals surface area contributed by atoms with Gasteiger partial charge in [-0.15, -0.1) is 5.10 Å². The van der Waals surface area contributed by atoms with Crippen LogP contribution in [0.15, 0.2) is 58.5 Å². The van der Waals surface area contributed by atoms with Crippen LogP contribution in [0.5, 0.6) is 0 Å². The number of fused-ring (bicyclic) bond motifs is 1. The molecule has 4 rings (SSSR count). The Morgan fingerprint density at radius 1 is 1.21 bits per heavy atom. The van der Waals surface area contributed by atoms with Crippen LogP contribution < -0.4 is 10.6 Å². The molecule has 0 radical (unpaired) electrons. The van der Waals surface area contributed by atoms with Gasteiger partial charge in [0.1, 0.15) is 6.04 Å². The zero-order chi connectivity index (χ0) is 23.7. The van der Waals surface area contributed by atoms with Crippen LogP contribution in [-0.2, 0) is 6.42 Å². The van der Waals surface area contributed by atoms with Crippen LogP contribution in [0.3, 0.4) is 0 Å². The van der Waals surface area contributed by atoms with Crippen LogP contribution in [0.4, 0.5) is 20.4 Å². The summed E-state index contributed by atoms with van der Waals surface area (Å²) in [6.07, 6.45) is -2.48. The summed E-state index contributed by atoms with van der Waals surface area (Å²) in [5.41, 5.74) is 1.69. The van der Waals surface area contributed by atoms with Crippen molar-refractivity contribution in [3.63, 3.8) is 0 Å². The average molecular weight is 448 g/mol. The van der Waals surface area contributed by atoms with Crippen LogP contribution >= 0.6 is 0 Å². The molecule has 1 unspecified atom stereocenters. The molecule has 166 valence electrons. The highest BCUT2D eigenvalue weighted by atomic mass is 19.3. The summed E-state index contributed by atoms with van der Waals surface area (Å²) in [5, 5.41) is 35.4. The topological polar surface area (TPSA) is 122 Å². The number of aromatic nitrogens is 3. The van der Waals surface area contributed by atoms with Crippen LogP contribution in [0.1, 0.15) is 41.6 Å². The van der Waals surface area contributed by atoms with Gasteiger partial charge < -0.3 is 5.11 Å². The first-order chi connectivity index (χ1) is 15.9. The fourth-order valence-electron chi connectivity index (χ4n) is 4.11. The van der Waals surface area contributed by atoms with Crippen molar-refractivity contribution >= 4 is 11.6 Å². The van der Waals surface area contributed by atoms with Gasteiger partial charge in [-0.05, 0) is 48.7 Å². The van der Waals surface area contributed by atoms with E-state index in [1.165, 1.54) is 27.7 Å². The fraction of sp³-hybridized carbons (Fsp3) is 0.217. The zero-order valence-corrected chi connectivity index (χ0v) is 17.5. The molecule has 1 atom stereocenters. The molecule has 0 saturated heterocycles. The van der Waals surface area contributed by atoms with Crippen molar-refractivity contribution in [2.24, 2.45) is 0 Å². The van der Waals surface area contributed by atoms with E-state index >= 15 is 0 Å². The van der Waals surface area contributed by atoms with E-state index in [9.17, 15) is 29.2 Å². The molecule has 33 heavy (non-hydrogen) atoms. The predicted molar refractivity (Wildman–Crippen MR) is 115 cm³/mol. The van der Waals surface area contributed by atoms with Crippen molar-refractivity contribution < 1.29 is 13.9 Å². The second-order valence-corrected chi connectivity index (χ2v) is 7.44. The second-order valence-electron chi connectivity index (χ2n) is 7.44. The van der Waals surface area contributed by atoms with E-state index in [4.69, 9.17) is 0 Å². The van der Waals surface area contributed by atoms with Gasteiger partial charge in [0, 0.05) is 23.6 Å². The van der Waals surface area contributed by atoms with Gasteiger partial charge in [0.2, 0.25) is 5.95 Å². The normalized spacial score (nSPS) is 15.4. The van der Waals surface area contributed by atoms with E-state index in [1.54, 1.807) is 31.2 Å². The summed E-state index contributed by atoms with van der Waals surface area (Å²) in [4.78, 5) is 14.3. The summed E-state index contributed by atoms with van der Waals surface area (Å²) in [7, 11) is 0. The molecule has 10 heteroatoms. The Morgan fingerprint density at radius 2 is 2.00 bits per heavy atom. The minimum Gasteiger partial charge on any atom is -0.396 e. The van der Waals surface area contributed by atoms with Gasteiger partial charge in [-0.2, -0.15) is 10.5 Å². The first-order valence-electron chi connectivity index (χ1n) is 10.0. The number of benzene rings is 2. The van der Waals surface area contributed by atoms with Crippen molar-refractivity contribution in [2.45, 2.75) is 25.8 Å². The standard InChI is InChI=1S/C23H18F2N6O2/c1-13-19(12-27)20(18-6-5-14(11-26)9-15(18)7-8-32)31-22(28-29-23(31)33)30(13)17-4-2-3-16(10-17)21(24)25/h2-6,9-10,20-21,32H,7-8H2,1H3,(H,29,33). The molecule has 1 aliphatic rings. The Hall–Kier alpha value is -4.28. The maximum absolute atomic E-state index is 13.3. The zero-order valence-electron chi connectivity index (χ0n) is 17.5. The molecule has 0 fully saturated rings. The van der Waals surface area contributed by atoms with Crippen LogP contribution in [-0.4, -0.2) is 26.5 Å². The molecule has 0 bridgehead atoms. The second kappa shape index (κ2) is 8.69. The number of anilines is 2. The van der Waals surface area contributed by atoms with E-state index in [1.807, 2.05) is 6.07 Å². The summed E-state index contributed by atoms with van der Waals surface area (Å²) in [6.45, 7) is 1.46. The predicted octanol–water partition coefficient (Wildman–Crippen LogP) is 3.45. The third kappa shape index (κ3) is 3.67. The quantitative estimate of drug-likeness (QED) is 0.617. The van der Waals surface area contributed by atoms with E-state index in [2.05, 4.69) is 16.3 Å². The lowest BCUT2D eigenvalue weighted by molar-refractivity contribution is 0.151. The molecule has 0 spiro atoms. The van der Waals surface area contributed by atoms with Gasteiger partial charge in [0.05, 0.1) is 23.3 Å². The monoisotopic (exact) mass is 448 g/mol. The molecule has 0 saturated carbocycles. The van der Waals surface area contributed by atoms with E-state index in [0.29, 0.717) is 28.1 Å². The van der Waals surface area contributed by atoms with Crippen molar-refractivity contribution in [1.82, 2.24) is 14.8 Å². The fourth-order valence-corrected chi connectivity index (χ4v) is 4.11. The number of H-pyrrole nitrogens is 1. The first-order valence-corrected chi connectivity index (χ1v) is 10.0. The van der Waals surface area contributed by atoms with Crippen molar-refractivity contribution in [3.8, 4) is 12.1 Å². The van der Waals surface area contributed by atoms with Gasteiger partial charge in [0.25, 0.3) is 6.43 Å². The Labute approximate surface area is 187 Å². The third-order valence-electron chi connectivity index (χ3n) is 5.59. The minimum atomic E-state index is -2.69. The highest BCUT2D eigenvalue weighted by molar-refractivity contribution is 5.69. The molecule has 0 aliphatic carbocycles. The lowest BCUT2D eigenvalue weighted by Gasteiger charge is -2.35. The molecule has 2 heterocycles. The van der Waals surface area contributed by atoms with Gasteiger partial charge in [-0.25, -0.2) is 23.2 Å². The number of alkyl halides is 2.